The van der Waals surface area contributed by atoms with E-state index in [0.29, 0.717) is 12.0 Å². The minimum atomic E-state index is 0.317. The van der Waals surface area contributed by atoms with Crippen LogP contribution in [0.25, 0.3) is 5.69 Å². The van der Waals surface area contributed by atoms with E-state index in [4.69, 9.17) is 4.74 Å². The molecular formula is C11H11IN4O. The quantitative estimate of drug-likeness (QED) is 0.803. The number of rotatable bonds is 3. The van der Waals surface area contributed by atoms with Crippen molar-refractivity contribution >= 4 is 22.6 Å². The molecule has 6 heteroatoms. The summed E-state index contributed by atoms with van der Waals surface area (Å²) in [5, 5.41) is 12.2. The van der Waals surface area contributed by atoms with E-state index in [9.17, 15) is 0 Å². The van der Waals surface area contributed by atoms with Crippen LogP contribution in [0.4, 0.5) is 0 Å². The van der Waals surface area contributed by atoms with E-state index in [0.717, 1.165) is 22.2 Å². The molecule has 0 amide bonds. The first kappa shape index (κ1) is 10.9. The van der Waals surface area contributed by atoms with Gasteiger partial charge in [-0.1, -0.05) is 0 Å². The molecule has 0 bridgehead atoms. The van der Waals surface area contributed by atoms with E-state index < -0.39 is 0 Å². The SMILES string of the molecule is Ic1ccn(-c2cnnc(OC3CCC3)c2)n1. The van der Waals surface area contributed by atoms with E-state index >= 15 is 0 Å². The van der Waals surface area contributed by atoms with Gasteiger partial charge < -0.3 is 4.74 Å². The molecule has 0 atom stereocenters. The molecule has 2 aromatic rings. The summed E-state index contributed by atoms with van der Waals surface area (Å²) in [6.45, 7) is 0. The van der Waals surface area contributed by atoms with Crippen LogP contribution in [0.3, 0.4) is 0 Å². The zero-order valence-electron chi connectivity index (χ0n) is 9.08. The third-order valence-electron chi connectivity index (χ3n) is 2.78. The second-order valence-corrected chi connectivity index (χ2v) is 5.11. The molecular weight excluding hydrogens is 331 g/mol. The van der Waals surface area contributed by atoms with Crippen molar-refractivity contribution in [1.29, 1.82) is 0 Å². The molecule has 0 saturated heterocycles. The van der Waals surface area contributed by atoms with Crippen molar-refractivity contribution in [3.8, 4) is 11.6 Å². The maximum atomic E-state index is 5.70. The van der Waals surface area contributed by atoms with Gasteiger partial charge in [-0.15, -0.1) is 5.10 Å². The van der Waals surface area contributed by atoms with Gasteiger partial charge in [-0.3, -0.25) is 0 Å². The predicted molar refractivity (Wildman–Crippen MR) is 70.1 cm³/mol. The Balaban J connectivity index is 1.82. The molecule has 0 N–H and O–H groups in total. The van der Waals surface area contributed by atoms with Crippen molar-refractivity contribution in [1.82, 2.24) is 20.0 Å². The Labute approximate surface area is 112 Å². The molecule has 17 heavy (non-hydrogen) atoms. The Morgan fingerprint density at radius 3 is 2.94 bits per heavy atom. The van der Waals surface area contributed by atoms with Gasteiger partial charge in [-0.25, -0.2) is 4.68 Å². The summed E-state index contributed by atoms with van der Waals surface area (Å²) in [6, 6.07) is 3.81. The Morgan fingerprint density at radius 1 is 1.41 bits per heavy atom. The molecule has 0 aliphatic heterocycles. The van der Waals surface area contributed by atoms with Gasteiger partial charge >= 0.3 is 0 Å². The van der Waals surface area contributed by atoms with Crippen LogP contribution in [0.1, 0.15) is 19.3 Å². The second kappa shape index (κ2) is 4.59. The summed E-state index contributed by atoms with van der Waals surface area (Å²) in [5.74, 6) is 0.581. The lowest BCUT2D eigenvalue weighted by atomic mass is 9.96. The van der Waals surface area contributed by atoms with Gasteiger partial charge in [0.05, 0.1) is 11.9 Å². The minimum absolute atomic E-state index is 0.317. The maximum absolute atomic E-state index is 5.70. The van der Waals surface area contributed by atoms with Gasteiger partial charge in [0.1, 0.15) is 9.80 Å². The van der Waals surface area contributed by atoms with Crippen LogP contribution >= 0.6 is 22.6 Å². The standard InChI is InChI=1S/C11H11IN4O/c12-10-4-5-16(15-10)8-6-11(14-13-7-8)17-9-2-1-3-9/h4-7,9H,1-3H2. The summed E-state index contributed by atoms with van der Waals surface area (Å²) in [5.41, 5.74) is 0.872. The topological polar surface area (TPSA) is 52.8 Å². The first-order chi connectivity index (χ1) is 8.31. The van der Waals surface area contributed by atoms with Crippen molar-refractivity contribution in [3.05, 3.63) is 28.2 Å². The van der Waals surface area contributed by atoms with Gasteiger partial charge in [-0.05, 0) is 47.9 Å². The fraction of sp³-hybridized carbons (Fsp3) is 0.364. The molecule has 0 unspecified atom stereocenters. The number of nitrogens with zero attached hydrogens (tertiary/aromatic N) is 4. The zero-order chi connectivity index (χ0) is 11.7. The summed E-state index contributed by atoms with van der Waals surface area (Å²) in [7, 11) is 0. The fourth-order valence-corrected chi connectivity index (χ4v) is 2.02. The summed E-state index contributed by atoms with van der Waals surface area (Å²) < 4.78 is 8.42. The molecule has 2 aromatic heterocycles. The number of hydrogen-bond donors (Lipinski definition) is 0. The maximum Gasteiger partial charge on any atom is 0.235 e. The molecule has 0 aromatic carbocycles. The molecule has 1 fully saturated rings. The number of hydrogen-bond acceptors (Lipinski definition) is 4. The van der Waals surface area contributed by atoms with Crippen LogP contribution in [-0.2, 0) is 0 Å². The van der Waals surface area contributed by atoms with Gasteiger partial charge in [-0.2, -0.15) is 10.2 Å². The predicted octanol–water partition coefficient (Wildman–Crippen LogP) is 2.20. The highest BCUT2D eigenvalue weighted by molar-refractivity contribution is 14.1. The molecule has 0 radical (unpaired) electrons. The van der Waals surface area contributed by atoms with Crippen LogP contribution in [0.15, 0.2) is 24.5 Å². The normalized spacial score (nSPS) is 15.6. The van der Waals surface area contributed by atoms with Crippen molar-refractivity contribution in [2.24, 2.45) is 0 Å². The van der Waals surface area contributed by atoms with E-state index in [1.165, 1.54) is 6.42 Å². The van der Waals surface area contributed by atoms with E-state index in [2.05, 4.69) is 37.9 Å². The van der Waals surface area contributed by atoms with Gasteiger partial charge in [0.2, 0.25) is 5.88 Å². The zero-order valence-corrected chi connectivity index (χ0v) is 11.2. The fourth-order valence-electron chi connectivity index (χ4n) is 1.63. The smallest absolute Gasteiger partial charge is 0.235 e. The van der Waals surface area contributed by atoms with Gasteiger partial charge in [0.15, 0.2) is 0 Å². The average Bonchev–Trinajstić information content (AvgIpc) is 2.71. The molecule has 1 saturated carbocycles. The Morgan fingerprint density at radius 2 is 2.29 bits per heavy atom. The Bertz CT molecular complexity index is 524. The number of halogens is 1. The lowest BCUT2D eigenvalue weighted by Crippen LogP contribution is -2.25. The lowest BCUT2D eigenvalue weighted by Gasteiger charge is -2.25. The van der Waals surface area contributed by atoms with Crippen molar-refractivity contribution < 1.29 is 4.74 Å². The molecule has 0 spiro atoms. The highest BCUT2D eigenvalue weighted by Gasteiger charge is 2.19. The Kier molecular flexibility index (Phi) is 2.96. The molecule has 88 valence electrons. The number of aromatic nitrogens is 4. The van der Waals surface area contributed by atoms with Crippen LogP contribution in [0.5, 0.6) is 5.88 Å². The van der Waals surface area contributed by atoms with Crippen molar-refractivity contribution in [2.75, 3.05) is 0 Å². The van der Waals surface area contributed by atoms with Gasteiger partial charge in [0.25, 0.3) is 0 Å². The molecule has 3 rings (SSSR count). The minimum Gasteiger partial charge on any atom is -0.473 e. The summed E-state index contributed by atoms with van der Waals surface area (Å²) in [4.78, 5) is 0. The van der Waals surface area contributed by atoms with Crippen LogP contribution in [0, 0.1) is 3.70 Å². The molecule has 2 heterocycles. The summed E-state index contributed by atoms with van der Waals surface area (Å²) in [6.07, 6.45) is 7.37. The van der Waals surface area contributed by atoms with Crippen molar-refractivity contribution in [2.45, 2.75) is 25.4 Å². The highest BCUT2D eigenvalue weighted by atomic mass is 127. The van der Waals surface area contributed by atoms with Crippen LogP contribution < -0.4 is 4.74 Å². The van der Waals surface area contributed by atoms with E-state index in [1.807, 2.05) is 18.3 Å². The number of ether oxygens (including phenoxy) is 1. The van der Waals surface area contributed by atoms with Crippen molar-refractivity contribution in [3.63, 3.8) is 0 Å². The van der Waals surface area contributed by atoms with Gasteiger partial charge in [0, 0.05) is 12.3 Å². The monoisotopic (exact) mass is 342 g/mol. The first-order valence-electron chi connectivity index (χ1n) is 5.52. The second-order valence-electron chi connectivity index (χ2n) is 4.01. The largest absolute Gasteiger partial charge is 0.473 e. The van der Waals surface area contributed by atoms with E-state index in [-0.39, 0.29) is 0 Å². The summed E-state index contributed by atoms with van der Waals surface area (Å²) >= 11 is 2.17. The molecule has 5 nitrogen and oxygen atoms in total. The highest BCUT2D eigenvalue weighted by Crippen LogP contribution is 2.24. The molecule has 1 aliphatic carbocycles. The first-order valence-corrected chi connectivity index (χ1v) is 6.60. The lowest BCUT2D eigenvalue weighted by molar-refractivity contribution is 0.113. The molecule has 1 aliphatic rings. The third-order valence-corrected chi connectivity index (χ3v) is 3.35. The average molecular weight is 342 g/mol. The van der Waals surface area contributed by atoms with Crippen LogP contribution in [-0.4, -0.2) is 26.1 Å². The third kappa shape index (κ3) is 2.41. The Hall–Kier alpha value is -1.18. The van der Waals surface area contributed by atoms with Crippen LogP contribution in [0.2, 0.25) is 0 Å². The van der Waals surface area contributed by atoms with E-state index in [1.54, 1.807) is 10.9 Å².